The molecule has 0 bridgehead atoms. The van der Waals surface area contributed by atoms with Crippen molar-refractivity contribution in [1.29, 1.82) is 0 Å². The first-order valence-electron chi connectivity index (χ1n) is 7.25. The van der Waals surface area contributed by atoms with Gasteiger partial charge in [0.25, 0.3) is 0 Å². The van der Waals surface area contributed by atoms with E-state index in [9.17, 15) is 4.39 Å². The summed E-state index contributed by atoms with van der Waals surface area (Å²) >= 11 is 1.76. The second kappa shape index (κ2) is 7.69. The molecular formula is C17H22FNOS. The van der Waals surface area contributed by atoms with Crippen LogP contribution in [0.1, 0.15) is 42.3 Å². The van der Waals surface area contributed by atoms with E-state index in [4.69, 9.17) is 5.11 Å². The Balaban J connectivity index is 2.04. The van der Waals surface area contributed by atoms with Gasteiger partial charge >= 0.3 is 0 Å². The lowest BCUT2D eigenvalue weighted by Gasteiger charge is -2.20. The van der Waals surface area contributed by atoms with Crippen LogP contribution in [0.25, 0.3) is 0 Å². The molecule has 1 unspecified atom stereocenters. The first kappa shape index (κ1) is 16.1. The molecule has 1 aromatic heterocycles. The highest BCUT2D eigenvalue weighted by Gasteiger charge is 2.14. The van der Waals surface area contributed by atoms with Crippen LogP contribution < -0.4 is 5.32 Å². The van der Waals surface area contributed by atoms with Gasteiger partial charge in [0.1, 0.15) is 5.82 Å². The summed E-state index contributed by atoms with van der Waals surface area (Å²) in [6.07, 6.45) is 1.06. The second-order valence-corrected chi connectivity index (χ2v) is 6.64. The average molecular weight is 307 g/mol. The molecule has 1 atom stereocenters. The van der Waals surface area contributed by atoms with E-state index in [1.165, 1.54) is 10.9 Å². The molecule has 0 amide bonds. The van der Waals surface area contributed by atoms with E-state index in [-0.39, 0.29) is 12.4 Å². The number of hydrogen-bond donors (Lipinski definition) is 2. The summed E-state index contributed by atoms with van der Waals surface area (Å²) in [4.78, 5) is 1.33. The van der Waals surface area contributed by atoms with E-state index in [1.807, 2.05) is 0 Å². The molecule has 0 saturated carbocycles. The Morgan fingerprint density at radius 2 is 2.10 bits per heavy atom. The number of aliphatic hydroxyl groups is 1. The van der Waals surface area contributed by atoms with Gasteiger partial charge in [-0.3, -0.25) is 0 Å². The van der Waals surface area contributed by atoms with Gasteiger partial charge in [-0.15, -0.1) is 11.3 Å². The molecular weight excluding hydrogens is 285 g/mol. The quantitative estimate of drug-likeness (QED) is 0.801. The van der Waals surface area contributed by atoms with Crippen molar-refractivity contribution in [3.63, 3.8) is 0 Å². The minimum atomic E-state index is -0.349. The van der Waals surface area contributed by atoms with Crippen LogP contribution in [0.2, 0.25) is 0 Å². The second-order valence-electron chi connectivity index (χ2n) is 5.66. The lowest BCUT2D eigenvalue weighted by atomic mass is 10.0. The number of rotatable bonds is 7. The molecule has 0 fully saturated rings. The van der Waals surface area contributed by atoms with Gasteiger partial charge in [0, 0.05) is 23.0 Å². The zero-order chi connectivity index (χ0) is 15.2. The predicted molar refractivity (Wildman–Crippen MR) is 85.7 cm³/mol. The Morgan fingerprint density at radius 1 is 1.29 bits per heavy atom. The monoisotopic (exact) mass is 307 g/mol. The maximum atomic E-state index is 13.4. The van der Waals surface area contributed by atoms with E-state index in [0.29, 0.717) is 24.1 Å². The molecule has 2 aromatic rings. The van der Waals surface area contributed by atoms with Crippen LogP contribution in [0.3, 0.4) is 0 Å². The van der Waals surface area contributed by atoms with Gasteiger partial charge in [0.05, 0.1) is 6.61 Å². The molecule has 0 spiro atoms. The molecule has 114 valence electrons. The number of nitrogens with one attached hydrogen (secondary N) is 1. The maximum Gasteiger partial charge on any atom is 0.128 e. The van der Waals surface area contributed by atoms with Crippen LogP contribution in [0, 0.1) is 11.7 Å². The molecule has 1 aromatic carbocycles. The minimum absolute atomic E-state index is 0.264. The van der Waals surface area contributed by atoms with Crippen LogP contribution in [0.4, 0.5) is 4.39 Å². The zero-order valence-corrected chi connectivity index (χ0v) is 13.3. The van der Waals surface area contributed by atoms with Crippen molar-refractivity contribution in [3.8, 4) is 0 Å². The molecule has 0 aliphatic carbocycles. The molecule has 2 rings (SSSR count). The predicted octanol–water partition coefficient (Wildman–Crippen LogP) is 4.26. The highest BCUT2D eigenvalue weighted by Crippen LogP contribution is 2.25. The summed E-state index contributed by atoms with van der Waals surface area (Å²) in [5, 5.41) is 14.8. The van der Waals surface area contributed by atoms with E-state index >= 15 is 0 Å². The van der Waals surface area contributed by atoms with Gasteiger partial charge < -0.3 is 10.4 Å². The molecule has 1 heterocycles. The fourth-order valence-electron chi connectivity index (χ4n) is 2.36. The normalized spacial score (nSPS) is 12.8. The number of halogens is 1. The standard InChI is InChI=1S/C17H22FNOS/c1-12(2)8-16(17-4-3-7-21-17)19-10-13-5-6-15(18)14(9-13)11-20/h3-7,9,12,16,19-20H,8,10-11H2,1-2H3. The highest BCUT2D eigenvalue weighted by molar-refractivity contribution is 7.10. The topological polar surface area (TPSA) is 32.3 Å². The fraction of sp³-hybridized carbons (Fsp3) is 0.412. The van der Waals surface area contributed by atoms with E-state index in [1.54, 1.807) is 23.5 Å². The summed E-state index contributed by atoms with van der Waals surface area (Å²) in [5.41, 5.74) is 1.34. The van der Waals surface area contributed by atoms with Crippen molar-refractivity contribution in [2.45, 2.75) is 39.5 Å². The Morgan fingerprint density at radius 3 is 2.71 bits per heavy atom. The van der Waals surface area contributed by atoms with Crippen molar-refractivity contribution in [2.75, 3.05) is 0 Å². The zero-order valence-electron chi connectivity index (χ0n) is 12.5. The van der Waals surface area contributed by atoms with Crippen LogP contribution in [0.15, 0.2) is 35.7 Å². The lowest BCUT2D eigenvalue weighted by molar-refractivity contribution is 0.275. The SMILES string of the molecule is CC(C)CC(NCc1ccc(F)c(CO)c1)c1cccs1. The summed E-state index contributed by atoms with van der Waals surface area (Å²) in [5.74, 6) is 0.254. The van der Waals surface area contributed by atoms with E-state index in [2.05, 4.69) is 36.7 Å². The Kier molecular flexibility index (Phi) is 5.91. The first-order chi connectivity index (χ1) is 10.1. The van der Waals surface area contributed by atoms with Gasteiger partial charge in [-0.25, -0.2) is 4.39 Å². The van der Waals surface area contributed by atoms with Crippen molar-refractivity contribution >= 4 is 11.3 Å². The molecule has 2 nitrogen and oxygen atoms in total. The summed E-state index contributed by atoms with van der Waals surface area (Å²) < 4.78 is 13.4. The molecule has 0 radical (unpaired) electrons. The van der Waals surface area contributed by atoms with Crippen molar-refractivity contribution in [3.05, 3.63) is 57.5 Å². The minimum Gasteiger partial charge on any atom is -0.392 e. The van der Waals surface area contributed by atoms with Gasteiger partial charge in [-0.2, -0.15) is 0 Å². The van der Waals surface area contributed by atoms with Crippen molar-refractivity contribution in [1.82, 2.24) is 5.32 Å². The van der Waals surface area contributed by atoms with Crippen LogP contribution >= 0.6 is 11.3 Å². The summed E-state index contributed by atoms with van der Waals surface area (Å²) in [7, 11) is 0. The summed E-state index contributed by atoms with van der Waals surface area (Å²) in [6.45, 7) is 4.83. The average Bonchev–Trinajstić information content (AvgIpc) is 2.98. The van der Waals surface area contributed by atoms with E-state index in [0.717, 1.165) is 12.0 Å². The van der Waals surface area contributed by atoms with E-state index < -0.39 is 0 Å². The Hall–Kier alpha value is -1.23. The highest BCUT2D eigenvalue weighted by atomic mass is 32.1. The third-order valence-electron chi connectivity index (χ3n) is 3.43. The molecule has 21 heavy (non-hydrogen) atoms. The first-order valence-corrected chi connectivity index (χ1v) is 8.13. The van der Waals surface area contributed by atoms with Crippen LogP contribution in [-0.4, -0.2) is 5.11 Å². The molecule has 0 aliphatic heterocycles. The third-order valence-corrected chi connectivity index (χ3v) is 4.41. The molecule has 0 saturated heterocycles. The molecule has 0 aliphatic rings. The molecule has 4 heteroatoms. The Bertz CT molecular complexity index is 554. The largest absolute Gasteiger partial charge is 0.392 e. The van der Waals surface area contributed by atoms with Crippen LogP contribution in [0.5, 0.6) is 0 Å². The van der Waals surface area contributed by atoms with Crippen LogP contribution in [-0.2, 0) is 13.2 Å². The van der Waals surface area contributed by atoms with Crippen molar-refractivity contribution < 1.29 is 9.50 Å². The van der Waals surface area contributed by atoms with Gasteiger partial charge in [-0.05, 0) is 41.5 Å². The smallest absolute Gasteiger partial charge is 0.128 e. The third kappa shape index (κ3) is 4.63. The number of thiophene rings is 1. The van der Waals surface area contributed by atoms with Crippen molar-refractivity contribution in [2.24, 2.45) is 5.92 Å². The van der Waals surface area contributed by atoms with Gasteiger partial charge in [0.2, 0.25) is 0 Å². The number of aliphatic hydroxyl groups excluding tert-OH is 1. The number of benzene rings is 1. The number of hydrogen-bond acceptors (Lipinski definition) is 3. The summed E-state index contributed by atoms with van der Waals surface area (Å²) in [6, 6.07) is 9.44. The lowest BCUT2D eigenvalue weighted by Crippen LogP contribution is -2.21. The maximum absolute atomic E-state index is 13.4. The Labute approximate surface area is 129 Å². The van der Waals surface area contributed by atoms with Gasteiger partial charge in [-0.1, -0.05) is 26.0 Å². The molecule has 2 N–H and O–H groups in total. The fourth-order valence-corrected chi connectivity index (χ4v) is 3.18. The van der Waals surface area contributed by atoms with Gasteiger partial charge in [0.15, 0.2) is 0 Å².